The second-order valence-corrected chi connectivity index (χ2v) is 8.88. The fraction of sp³-hybridized carbons (Fsp3) is 0.350. The van der Waals surface area contributed by atoms with Gasteiger partial charge in [0.15, 0.2) is 0 Å². The van der Waals surface area contributed by atoms with E-state index >= 15 is 0 Å². The SMILES string of the molecule is O=C(OCc1cccc(F)c1)C1CCN(S(=O)(=O)c2cccc(C(F)(F)F)c2)CC1. The molecule has 0 saturated carbocycles. The van der Waals surface area contributed by atoms with Gasteiger partial charge in [-0.25, -0.2) is 12.8 Å². The van der Waals surface area contributed by atoms with Crippen LogP contribution in [0.1, 0.15) is 24.0 Å². The number of hydrogen-bond acceptors (Lipinski definition) is 4. The fourth-order valence-electron chi connectivity index (χ4n) is 3.21. The normalized spacial score (nSPS) is 16.4. The lowest BCUT2D eigenvalue weighted by Gasteiger charge is -2.30. The zero-order valence-corrected chi connectivity index (χ0v) is 16.5. The summed E-state index contributed by atoms with van der Waals surface area (Å²) in [6, 6.07) is 9.20. The van der Waals surface area contributed by atoms with Gasteiger partial charge in [-0.1, -0.05) is 18.2 Å². The summed E-state index contributed by atoms with van der Waals surface area (Å²) in [5, 5.41) is 0. The Morgan fingerprint density at radius 2 is 1.73 bits per heavy atom. The van der Waals surface area contributed by atoms with E-state index in [2.05, 4.69) is 0 Å². The average Bonchev–Trinajstić information content (AvgIpc) is 2.71. The van der Waals surface area contributed by atoms with Crippen LogP contribution in [0.4, 0.5) is 17.6 Å². The van der Waals surface area contributed by atoms with Gasteiger partial charge in [0.1, 0.15) is 12.4 Å². The van der Waals surface area contributed by atoms with Crippen molar-refractivity contribution >= 4 is 16.0 Å². The van der Waals surface area contributed by atoms with Crippen molar-refractivity contribution in [2.24, 2.45) is 5.92 Å². The first kappa shape index (κ1) is 22.2. The number of sulfonamides is 1. The lowest BCUT2D eigenvalue weighted by molar-refractivity contribution is -0.151. The summed E-state index contributed by atoms with van der Waals surface area (Å²) in [5.41, 5.74) is -0.549. The predicted octanol–water partition coefficient (Wildman–Crippen LogP) is 3.99. The number of piperidine rings is 1. The summed E-state index contributed by atoms with van der Waals surface area (Å²) in [4.78, 5) is 11.8. The molecule has 2 aromatic carbocycles. The first-order valence-electron chi connectivity index (χ1n) is 9.16. The zero-order valence-electron chi connectivity index (χ0n) is 15.7. The molecule has 5 nitrogen and oxygen atoms in total. The molecular formula is C20H19F4NO4S. The highest BCUT2D eigenvalue weighted by atomic mass is 32.2. The van der Waals surface area contributed by atoms with Crippen LogP contribution in [0.2, 0.25) is 0 Å². The molecule has 0 radical (unpaired) electrons. The highest BCUT2D eigenvalue weighted by Gasteiger charge is 2.35. The van der Waals surface area contributed by atoms with Crippen LogP contribution in [0.25, 0.3) is 0 Å². The van der Waals surface area contributed by atoms with E-state index in [1.54, 1.807) is 6.07 Å². The minimum atomic E-state index is -4.65. The van der Waals surface area contributed by atoms with Gasteiger partial charge in [-0.3, -0.25) is 4.79 Å². The standard InChI is InChI=1S/C20H19F4NO4S/c21-17-5-1-3-14(11-17)13-29-19(26)15-7-9-25(10-8-15)30(27,28)18-6-2-4-16(12-18)20(22,23)24/h1-6,11-12,15H,7-10,13H2. The number of alkyl halides is 3. The molecule has 1 heterocycles. The number of carbonyl (C=O) groups excluding carboxylic acids is 1. The van der Waals surface area contributed by atoms with Crippen LogP contribution in [0.3, 0.4) is 0 Å². The molecule has 30 heavy (non-hydrogen) atoms. The Balaban J connectivity index is 1.60. The summed E-state index contributed by atoms with van der Waals surface area (Å²) in [6.07, 6.45) is -4.29. The maximum absolute atomic E-state index is 13.2. The number of rotatable bonds is 5. The summed E-state index contributed by atoms with van der Waals surface area (Å²) >= 11 is 0. The molecule has 2 aromatic rings. The Morgan fingerprint density at radius 1 is 1.07 bits per heavy atom. The lowest BCUT2D eigenvalue weighted by atomic mass is 9.98. The third-order valence-corrected chi connectivity index (χ3v) is 6.75. The van der Waals surface area contributed by atoms with Gasteiger partial charge in [0.25, 0.3) is 0 Å². The van der Waals surface area contributed by atoms with Crippen LogP contribution in [0.5, 0.6) is 0 Å². The Kier molecular flexibility index (Phi) is 6.47. The van der Waals surface area contributed by atoms with E-state index in [1.165, 1.54) is 18.2 Å². The predicted molar refractivity (Wildman–Crippen MR) is 99.1 cm³/mol. The molecule has 1 aliphatic heterocycles. The van der Waals surface area contributed by atoms with E-state index in [4.69, 9.17) is 4.74 Å². The molecule has 0 amide bonds. The Labute approximate surface area is 171 Å². The smallest absolute Gasteiger partial charge is 0.416 e. The average molecular weight is 445 g/mol. The van der Waals surface area contributed by atoms with Crippen LogP contribution in [0, 0.1) is 11.7 Å². The van der Waals surface area contributed by atoms with Crippen molar-refractivity contribution in [3.05, 3.63) is 65.5 Å². The van der Waals surface area contributed by atoms with Gasteiger partial charge in [0.05, 0.1) is 16.4 Å². The van der Waals surface area contributed by atoms with E-state index in [9.17, 15) is 30.8 Å². The van der Waals surface area contributed by atoms with Crippen molar-refractivity contribution in [1.29, 1.82) is 0 Å². The maximum atomic E-state index is 13.2. The summed E-state index contributed by atoms with van der Waals surface area (Å²) in [5.74, 6) is -1.50. The highest BCUT2D eigenvalue weighted by Crippen LogP contribution is 2.32. The molecule has 0 atom stereocenters. The van der Waals surface area contributed by atoms with E-state index < -0.39 is 44.4 Å². The largest absolute Gasteiger partial charge is 0.461 e. The molecule has 0 N–H and O–H groups in total. The molecule has 1 saturated heterocycles. The van der Waals surface area contributed by atoms with E-state index in [-0.39, 0.29) is 32.5 Å². The number of carbonyl (C=O) groups is 1. The van der Waals surface area contributed by atoms with Gasteiger partial charge >= 0.3 is 12.1 Å². The quantitative estimate of drug-likeness (QED) is 0.516. The summed E-state index contributed by atoms with van der Waals surface area (Å²) < 4.78 is 83.4. The molecule has 0 unspecified atom stereocenters. The third-order valence-electron chi connectivity index (χ3n) is 4.86. The summed E-state index contributed by atoms with van der Waals surface area (Å²) in [7, 11) is -4.11. The van der Waals surface area contributed by atoms with Gasteiger partial charge in [0.2, 0.25) is 10.0 Å². The van der Waals surface area contributed by atoms with Crippen LogP contribution in [-0.4, -0.2) is 31.8 Å². The minimum absolute atomic E-state index is 0.0156. The fourth-order valence-corrected chi connectivity index (χ4v) is 4.73. The highest BCUT2D eigenvalue weighted by molar-refractivity contribution is 7.89. The lowest BCUT2D eigenvalue weighted by Crippen LogP contribution is -2.40. The van der Waals surface area contributed by atoms with Crippen LogP contribution >= 0.6 is 0 Å². The van der Waals surface area contributed by atoms with Gasteiger partial charge in [-0.05, 0) is 48.7 Å². The van der Waals surface area contributed by atoms with Crippen molar-refractivity contribution in [2.75, 3.05) is 13.1 Å². The topological polar surface area (TPSA) is 63.7 Å². The van der Waals surface area contributed by atoms with Crippen molar-refractivity contribution in [1.82, 2.24) is 4.31 Å². The van der Waals surface area contributed by atoms with Crippen molar-refractivity contribution in [3.8, 4) is 0 Å². The molecular weight excluding hydrogens is 426 g/mol. The second kappa shape index (κ2) is 8.73. The summed E-state index contributed by atoms with van der Waals surface area (Å²) in [6.45, 7) is -0.129. The maximum Gasteiger partial charge on any atom is 0.416 e. The van der Waals surface area contributed by atoms with Gasteiger partial charge in [-0.15, -0.1) is 0 Å². The third kappa shape index (κ3) is 5.17. The van der Waals surface area contributed by atoms with E-state index in [1.807, 2.05) is 0 Å². The van der Waals surface area contributed by atoms with Crippen molar-refractivity contribution in [2.45, 2.75) is 30.5 Å². The number of ether oxygens (including phenoxy) is 1. The molecule has 1 aliphatic rings. The zero-order chi connectivity index (χ0) is 21.9. The number of hydrogen-bond donors (Lipinski definition) is 0. The Morgan fingerprint density at radius 3 is 2.37 bits per heavy atom. The number of nitrogens with zero attached hydrogens (tertiary/aromatic N) is 1. The molecule has 3 rings (SSSR count). The molecule has 0 spiro atoms. The van der Waals surface area contributed by atoms with Crippen LogP contribution in [0.15, 0.2) is 53.4 Å². The molecule has 0 bridgehead atoms. The molecule has 1 fully saturated rings. The minimum Gasteiger partial charge on any atom is -0.461 e. The van der Waals surface area contributed by atoms with E-state index in [0.717, 1.165) is 22.5 Å². The number of halogens is 4. The monoisotopic (exact) mass is 445 g/mol. The van der Waals surface area contributed by atoms with E-state index in [0.29, 0.717) is 11.6 Å². The number of benzene rings is 2. The molecule has 162 valence electrons. The van der Waals surface area contributed by atoms with Crippen molar-refractivity contribution in [3.63, 3.8) is 0 Å². The molecule has 0 aliphatic carbocycles. The number of esters is 1. The first-order chi connectivity index (χ1) is 14.1. The van der Waals surface area contributed by atoms with Crippen molar-refractivity contribution < 1.29 is 35.5 Å². The van der Waals surface area contributed by atoms with Crippen LogP contribution < -0.4 is 0 Å². The van der Waals surface area contributed by atoms with Gasteiger partial charge < -0.3 is 4.74 Å². The molecule has 10 heteroatoms. The first-order valence-corrected chi connectivity index (χ1v) is 10.6. The van der Waals surface area contributed by atoms with Gasteiger partial charge in [-0.2, -0.15) is 17.5 Å². The van der Waals surface area contributed by atoms with Crippen LogP contribution in [-0.2, 0) is 32.3 Å². The second-order valence-electron chi connectivity index (χ2n) is 6.94. The van der Waals surface area contributed by atoms with Gasteiger partial charge in [0, 0.05) is 13.1 Å². The Hall–Kier alpha value is -2.46. The molecule has 0 aromatic heterocycles. The Bertz CT molecular complexity index is 1020.